The molecule has 2 aromatic carbocycles. The van der Waals surface area contributed by atoms with Crippen LogP contribution in [0.2, 0.25) is 5.02 Å². The first-order valence-corrected chi connectivity index (χ1v) is 11.2. The molecular formula is C24H22ClFN6O2. The second-order valence-corrected chi connectivity index (χ2v) is 8.23. The van der Waals surface area contributed by atoms with Crippen LogP contribution in [0.4, 0.5) is 21.7 Å². The minimum absolute atomic E-state index is 0.00800. The number of nitrogens with zero attached hydrogens (tertiary/aromatic N) is 4. The third kappa shape index (κ3) is 4.15. The van der Waals surface area contributed by atoms with Crippen molar-refractivity contribution in [2.24, 2.45) is 0 Å². The lowest BCUT2D eigenvalue weighted by atomic mass is 10.1. The monoisotopic (exact) mass is 480 g/mol. The number of benzene rings is 2. The van der Waals surface area contributed by atoms with E-state index < -0.39 is 11.4 Å². The summed E-state index contributed by atoms with van der Waals surface area (Å²) in [6.45, 7) is 3.87. The van der Waals surface area contributed by atoms with E-state index in [0.717, 1.165) is 42.3 Å². The Hall–Kier alpha value is -3.69. The molecule has 0 unspecified atom stereocenters. The molecule has 174 valence electrons. The van der Waals surface area contributed by atoms with Crippen LogP contribution in [0, 0.1) is 5.82 Å². The maximum atomic E-state index is 14.5. The molecule has 1 saturated heterocycles. The van der Waals surface area contributed by atoms with Crippen LogP contribution in [0.3, 0.4) is 0 Å². The topological polar surface area (TPSA) is 84.3 Å². The SMILES string of the molecule is COn1c(=O)c(-c2c(F)cccc2Cl)cc2cnc(Nc3ccc(N4CCNCC4)cc3)nc21. The molecule has 1 aliphatic rings. The minimum Gasteiger partial charge on any atom is -0.412 e. The summed E-state index contributed by atoms with van der Waals surface area (Å²) in [4.78, 5) is 29.5. The Labute approximate surface area is 199 Å². The molecule has 2 aromatic heterocycles. The Kier molecular flexibility index (Phi) is 6.04. The number of pyridine rings is 1. The minimum atomic E-state index is -0.602. The number of halogens is 2. The van der Waals surface area contributed by atoms with Crippen molar-refractivity contribution in [1.29, 1.82) is 0 Å². The lowest BCUT2D eigenvalue weighted by Gasteiger charge is -2.29. The van der Waals surface area contributed by atoms with Crippen molar-refractivity contribution in [3.63, 3.8) is 0 Å². The summed E-state index contributed by atoms with van der Waals surface area (Å²) in [5, 5.41) is 7.12. The number of hydrogen-bond acceptors (Lipinski definition) is 7. The summed E-state index contributed by atoms with van der Waals surface area (Å²) >= 11 is 6.18. The standard InChI is InChI=1S/C24H22ClFN6O2/c1-34-32-22-15(13-18(23(32)33)21-19(25)3-2-4-20(21)26)14-28-24(30-22)29-16-5-7-17(8-6-16)31-11-9-27-10-12-31/h2-8,13-14,27H,9-12H2,1H3,(H,28,29,30). The molecule has 8 nitrogen and oxygen atoms in total. The van der Waals surface area contributed by atoms with Crippen molar-refractivity contribution < 1.29 is 9.23 Å². The zero-order valence-corrected chi connectivity index (χ0v) is 19.1. The largest absolute Gasteiger partial charge is 0.412 e. The lowest BCUT2D eigenvalue weighted by Crippen LogP contribution is -2.43. The number of piperazine rings is 1. The number of rotatable bonds is 5. The summed E-state index contributed by atoms with van der Waals surface area (Å²) in [6.07, 6.45) is 1.55. The van der Waals surface area contributed by atoms with Crippen molar-refractivity contribution in [1.82, 2.24) is 20.0 Å². The molecule has 0 spiro atoms. The van der Waals surface area contributed by atoms with Crippen molar-refractivity contribution in [2.45, 2.75) is 0 Å². The van der Waals surface area contributed by atoms with E-state index in [1.807, 2.05) is 24.3 Å². The highest BCUT2D eigenvalue weighted by atomic mass is 35.5. The third-order valence-corrected chi connectivity index (χ3v) is 6.04. The highest BCUT2D eigenvalue weighted by Crippen LogP contribution is 2.30. The fourth-order valence-electron chi connectivity index (χ4n) is 4.04. The van der Waals surface area contributed by atoms with E-state index in [9.17, 15) is 9.18 Å². The average molecular weight is 481 g/mol. The first-order valence-electron chi connectivity index (χ1n) is 10.8. The normalized spacial score (nSPS) is 13.8. The Morgan fingerprint density at radius 3 is 2.62 bits per heavy atom. The fraction of sp³-hybridized carbons (Fsp3) is 0.208. The van der Waals surface area contributed by atoms with Gasteiger partial charge in [0.2, 0.25) is 5.95 Å². The second kappa shape index (κ2) is 9.28. The molecule has 10 heteroatoms. The van der Waals surface area contributed by atoms with Crippen LogP contribution >= 0.6 is 11.6 Å². The van der Waals surface area contributed by atoms with Gasteiger partial charge in [-0.1, -0.05) is 17.7 Å². The van der Waals surface area contributed by atoms with E-state index in [2.05, 4.69) is 25.5 Å². The van der Waals surface area contributed by atoms with Gasteiger partial charge in [-0.3, -0.25) is 4.79 Å². The van der Waals surface area contributed by atoms with E-state index in [-0.39, 0.29) is 21.8 Å². The molecule has 5 rings (SSSR count). The molecule has 0 bridgehead atoms. The molecule has 0 amide bonds. The molecule has 0 aliphatic carbocycles. The molecule has 0 radical (unpaired) electrons. The van der Waals surface area contributed by atoms with Gasteiger partial charge in [-0.25, -0.2) is 9.37 Å². The van der Waals surface area contributed by atoms with Gasteiger partial charge in [-0.15, -0.1) is 4.73 Å². The van der Waals surface area contributed by atoms with Gasteiger partial charge in [0, 0.05) is 54.7 Å². The average Bonchev–Trinajstić information content (AvgIpc) is 2.85. The van der Waals surface area contributed by atoms with Gasteiger partial charge in [0.25, 0.3) is 5.56 Å². The van der Waals surface area contributed by atoms with E-state index in [1.165, 1.54) is 31.4 Å². The van der Waals surface area contributed by atoms with Gasteiger partial charge in [-0.2, -0.15) is 4.98 Å². The summed E-state index contributed by atoms with van der Waals surface area (Å²) in [5.74, 6) is -0.306. The van der Waals surface area contributed by atoms with Crippen LogP contribution in [0.25, 0.3) is 22.2 Å². The van der Waals surface area contributed by atoms with Crippen molar-refractivity contribution >= 4 is 40.0 Å². The Balaban J connectivity index is 1.48. The van der Waals surface area contributed by atoms with Crippen LogP contribution in [-0.2, 0) is 0 Å². The predicted molar refractivity (Wildman–Crippen MR) is 132 cm³/mol. The van der Waals surface area contributed by atoms with Crippen LogP contribution < -0.4 is 25.9 Å². The number of nitrogens with one attached hydrogen (secondary N) is 2. The molecular weight excluding hydrogens is 459 g/mol. The first-order chi connectivity index (χ1) is 16.5. The van der Waals surface area contributed by atoms with E-state index >= 15 is 0 Å². The van der Waals surface area contributed by atoms with Crippen LogP contribution in [0.5, 0.6) is 0 Å². The van der Waals surface area contributed by atoms with Crippen LogP contribution in [0.15, 0.2) is 59.5 Å². The molecule has 3 heterocycles. The number of anilines is 3. The van der Waals surface area contributed by atoms with E-state index in [0.29, 0.717) is 11.3 Å². The summed E-state index contributed by atoms with van der Waals surface area (Å²) in [6, 6.07) is 13.8. The molecule has 4 aromatic rings. The van der Waals surface area contributed by atoms with E-state index in [4.69, 9.17) is 16.4 Å². The van der Waals surface area contributed by atoms with Crippen LogP contribution in [-0.4, -0.2) is 48.0 Å². The van der Waals surface area contributed by atoms with Gasteiger partial charge in [-0.05, 0) is 42.5 Å². The van der Waals surface area contributed by atoms with Crippen molar-refractivity contribution in [2.75, 3.05) is 43.5 Å². The predicted octanol–water partition coefficient (Wildman–Crippen LogP) is 3.46. The molecule has 1 fully saturated rings. The fourth-order valence-corrected chi connectivity index (χ4v) is 4.31. The summed E-state index contributed by atoms with van der Waals surface area (Å²) in [7, 11) is 1.34. The first kappa shape index (κ1) is 22.1. The van der Waals surface area contributed by atoms with Gasteiger partial charge in [0.1, 0.15) is 12.9 Å². The highest BCUT2D eigenvalue weighted by Gasteiger charge is 2.19. The molecule has 0 atom stereocenters. The van der Waals surface area contributed by atoms with Crippen molar-refractivity contribution in [3.8, 4) is 11.1 Å². The Morgan fingerprint density at radius 1 is 1.15 bits per heavy atom. The molecule has 1 aliphatic heterocycles. The number of aromatic nitrogens is 3. The molecule has 34 heavy (non-hydrogen) atoms. The van der Waals surface area contributed by atoms with Gasteiger partial charge >= 0.3 is 0 Å². The summed E-state index contributed by atoms with van der Waals surface area (Å²) < 4.78 is 15.5. The lowest BCUT2D eigenvalue weighted by molar-refractivity contribution is 0.168. The Bertz CT molecular complexity index is 1380. The Morgan fingerprint density at radius 2 is 1.91 bits per heavy atom. The number of fused-ring (bicyclic) bond motifs is 1. The van der Waals surface area contributed by atoms with Crippen molar-refractivity contribution in [3.05, 3.63) is 75.9 Å². The van der Waals surface area contributed by atoms with Gasteiger partial charge in [0.05, 0.1) is 10.6 Å². The number of hydrogen-bond donors (Lipinski definition) is 2. The second-order valence-electron chi connectivity index (χ2n) is 7.82. The van der Waals surface area contributed by atoms with Gasteiger partial charge in [0.15, 0.2) is 5.65 Å². The maximum Gasteiger partial charge on any atom is 0.293 e. The van der Waals surface area contributed by atoms with E-state index in [1.54, 1.807) is 6.20 Å². The zero-order valence-electron chi connectivity index (χ0n) is 18.4. The smallest absolute Gasteiger partial charge is 0.293 e. The van der Waals surface area contributed by atoms with Gasteiger partial charge < -0.3 is 20.4 Å². The highest BCUT2D eigenvalue weighted by molar-refractivity contribution is 6.33. The zero-order chi connectivity index (χ0) is 23.7. The summed E-state index contributed by atoms with van der Waals surface area (Å²) in [5.41, 5.74) is 1.70. The van der Waals surface area contributed by atoms with Crippen LogP contribution in [0.1, 0.15) is 0 Å². The third-order valence-electron chi connectivity index (χ3n) is 5.72. The molecule has 0 saturated carbocycles. The molecule has 2 N–H and O–H groups in total. The quantitative estimate of drug-likeness (QED) is 0.452. The maximum absolute atomic E-state index is 14.5.